The molecule has 0 heterocycles. The van der Waals surface area contributed by atoms with Crippen LogP contribution in [0.5, 0.6) is 0 Å². The number of amides is 1. The summed E-state index contributed by atoms with van der Waals surface area (Å²) in [6, 6.07) is 7.28. The number of rotatable bonds is 4. The van der Waals surface area contributed by atoms with Crippen molar-refractivity contribution in [2.45, 2.75) is 38.6 Å². The first kappa shape index (κ1) is 16.3. The molecule has 0 radical (unpaired) electrons. The van der Waals surface area contributed by atoms with Gasteiger partial charge in [0.05, 0.1) is 5.56 Å². The van der Waals surface area contributed by atoms with Gasteiger partial charge >= 0.3 is 5.97 Å². The van der Waals surface area contributed by atoms with Crippen molar-refractivity contribution < 1.29 is 14.3 Å². The Morgan fingerprint density at radius 3 is 2.57 bits per heavy atom. The minimum Gasteiger partial charge on any atom is -0.452 e. The van der Waals surface area contributed by atoms with Crippen LogP contribution in [0.25, 0.3) is 0 Å². The largest absolute Gasteiger partial charge is 0.452 e. The minimum atomic E-state index is -0.460. The Morgan fingerprint density at radius 1 is 1.24 bits per heavy atom. The molecule has 1 aliphatic rings. The van der Waals surface area contributed by atoms with Crippen molar-refractivity contribution in [3.8, 4) is 0 Å². The third-order valence-electron chi connectivity index (χ3n) is 3.87. The van der Waals surface area contributed by atoms with Gasteiger partial charge in [0.15, 0.2) is 6.61 Å². The first-order valence-corrected chi connectivity index (χ1v) is 8.36. The number of carbonyl (C=O) groups is 2. The van der Waals surface area contributed by atoms with Crippen LogP contribution < -0.4 is 5.32 Å². The molecule has 4 nitrogen and oxygen atoms in total. The van der Waals surface area contributed by atoms with Crippen LogP contribution >= 0.6 is 22.6 Å². The van der Waals surface area contributed by atoms with Crippen LogP contribution in [0.2, 0.25) is 0 Å². The van der Waals surface area contributed by atoms with Gasteiger partial charge in [-0.15, -0.1) is 0 Å². The minimum absolute atomic E-state index is 0.211. The van der Waals surface area contributed by atoms with Crippen LogP contribution in [0.4, 0.5) is 0 Å². The molecule has 0 bridgehead atoms. The monoisotopic (exact) mass is 401 g/mol. The zero-order valence-corrected chi connectivity index (χ0v) is 14.3. The van der Waals surface area contributed by atoms with E-state index in [9.17, 15) is 9.59 Å². The Morgan fingerprint density at radius 2 is 1.90 bits per heavy atom. The fourth-order valence-corrected chi connectivity index (χ4v) is 2.94. The summed E-state index contributed by atoms with van der Waals surface area (Å²) in [5.41, 5.74) is 0.467. The van der Waals surface area contributed by atoms with Gasteiger partial charge in [-0.05, 0) is 65.6 Å². The Hall–Kier alpha value is -1.11. The van der Waals surface area contributed by atoms with E-state index in [1.54, 1.807) is 12.1 Å². The second kappa shape index (κ2) is 7.77. The average Bonchev–Trinajstić information content (AvgIpc) is 2.48. The molecule has 2 atom stereocenters. The van der Waals surface area contributed by atoms with Crippen molar-refractivity contribution in [3.63, 3.8) is 0 Å². The van der Waals surface area contributed by atoms with Gasteiger partial charge in [-0.25, -0.2) is 4.79 Å². The van der Waals surface area contributed by atoms with Crippen molar-refractivity contribution in [1.29, 1.82) is 0 Å². The van der Waals surface area contributed by atoms with Gasteiger partial charge in [-0.3, -0.25) is 4.79 Å². The van der Waals surface area contributed by atoms with Gasteiger partial charge in [-0.2, -0.15) is 0 Å². The number of hydrogen-bond donors (Lipinski definition) is 1. The Kier molecular flexibility index (Phi) is 6.02. The molecule has 1 aromatic carbocycles. The molecule has 2 rings (SSSR count). The predicted octanol–water partition coefficient (Wildman–Crippen LogP) is 3.14. The summed E-state index contributed by atoms with van der Waals surface area (Å²) in [6.07, 6.45) is 4.54. The fourth-order valence-electron chi connectivity index (χ4n) is 2.58. The van der Waals surface area contributed by atoms with E-state index in [2.05, 4.69) is 34.8 Å². The molecule has 0 saturated heterocycles. The fraction of sp³-hybridized carbons (Fsp3) is 0.500. The van der Waals surface area contributed by atoms with E-state index in [0.717, 1.165) is 22.8 Å². The number of carbonyl (C=O) groups excluding carboxylic acids is 2. The molecule has 1 aromatic rings. The molecule has 0 spiro atoms. The van der Waals surface area contributed by atoms with Crippen LogP contribution in [0.1, 0.15) is 43.0 Å². The Labute approximate surface area is 138 Å². The molecule has 1 aliphatic carbocycles. The smallest absolute Gasteiger partial charge is 0.338 e. The maximum absolute atomic E-state index is 11.9. The summed E-state index contributed by atoms with van der Waals surface area (Å²) in [6.45, 7) is 1.94. The maximum Gasteiger partial charge on any atom is 0.338 e. The molecular formula is C16H20INO3. The summed E-state index contributed by atoms with van der Waals surface area (Å²) < 4.78 is 6.10. The van der Waals surface area contributed by atoms with Crippen molar-refractivity contribution in [2.24, 2.45) is 5.92 Å². The number of halogens is 1. The molecule has 21 heavy (non-hydrogen) atoms. The normalized spacial score (nSPS) is 21.6. The molecule has 0 aromatic heterocycles. The molecular weight excluding hydrogens is 381 g/mol. The van der Waals surface area contributed by atoms with Crippen molar-refractivity contribution in [1.82, 2.24) is 5.32 Å². The third kappa shape index (κ3) is 4.98. The topological polar surface area (TPSA) is 55.4 Å². The zero-order chi connectivity index (χ0) is 15.2. The molecule has 1 fully saturated rings. The lowest BCUT2D eigenvalue weighted by Gasteiger charge is -2.29. The van der Waals surface area contributed by atoms with Crippen LogP contribution in [0, 0.1) is 9.49 Å². The summed E-state index contributed by atoms with van der Waals surface area (Å²) in [4.78, 5) is 23.7. The highest BCUT2D eigenvalue weighted by molar-refractivity contribution is 14.1. The second-order valence-corrected chi connectivity index (χ2v) is 6.76. The van der Waals surface area contributed by atoms with E-state index in [4.69, 9.17) is 4.74 Å². The van der Waals surface area contributed by atoms with Crippen LogP contribution in [-0.2, 0) is 9.53 Å². The molecule has 5 heteroatoms. The first-order chi connectivity index (χ1) is 10.1. The maximum atomic E-state index is 11.9. The van der Waals surface area contributed by atoms with Crippen LogP contribution in [0.3, 0.4) is 0 Å². The number of hydrogen-bond acceptors (Lipinski definition) is 3. The van der Waals surface area contributed by atoms with Gasteiger partial charge < -0.3 is 10.1 Å². The van der Waals surface area contributed by atoms with E-state index < -0.39 is 5.97 Å². The zero-order valence-electron chi connectivity index (χ0n) is 12.1. The van der Waals surface area contributed by atoms with Crippen LogP contribution in [0.15, 0.2) is 24.3 Å². The summed E-state index contributed by atoms with van der Waals surface area (Å²) in [7, 11) is 0. The van der Waals surface area contributed by atoms with E-state index in [0.29, 0.717) is 11.5 Å². The van der Waals surface area contributed by atoms with E-state index in [1.807, 2.05) is 12.1 Å². The van der Waals surface area contributed by atoms with Gasteiger partial charge in [-0.1, -0.05) is 19.8 Å². The van der Waals surface area contributed by atoms with Gasteiger partial charge in [0.2, 0.25) is 0 Å². The van der Waals surface area contributed by atoms with Crippen molar-refractivity contribution >= 4 is 34.5 Å². The molecule has 0 aliphatic heterocycles. The number of benzene rings is 1. The summed E-state index contributed by atoms with van der Waals surface area (Å²) in [5.74, 6) is -0.180. The number of esters is 1. The highest BCUT2D eigenvalue weighted by atomic mass is 127. The molecule has 1 N–H and O–H groups in total. The summed E-state index contributed by atoms with van der Waals surface area (Å²) in [5, 5.41) is 2.97. The lowest BCUT2D eigenvalue weighted by molar-refractivity contribution is -0.125. The number of ether oxygens (including phenoxy) is 1. The SMILES string of the molecule is C[C@H]1CCCC[C@@H]1NC(=O)COC(=O)c1ccc(I)cc1. The number of nitrogens with one attached hydrogen (secondary N) is 1. The highest BCUT2D eigenvalue weighted by Gasteiger charge is 2.23. The van der Waals surface area contributed by atoms with E-state index in [-0.39, 0.29) is 18.6 Å². The van der Waals surface area contributed by atoms with Crippen molar-refractivity contribution in [3.05, 3.63) is 33.4 Å². The second-order valence-electron chi connectivity index (χ2n) is 5.52. The van der Waals surface area contributed by atoms with E-state index >= 15 is 0 Å². The predicted molar refractivity (Wildman–Crippen MR) is 89.0 cm³/mol. The molecule has 1 amide bonds. The van der Waals surface area contributed by atoms with Crippen LogP contribution in [-0.4, -0.2) is 24.5 Å². The molecule has 1 saturated carbocycles. The molecule has 0 unspecified atom stereocenters. The first-order valence-electron chi connectivity index (χ1n) is 7.28. The highest BCUT2D eigenvalue weighted by Crippen LogP contribution is 2.23. The van der Waals surface area contributed by atoms with Gasteiger partial charge in [0.25, 0.3) is 5.91 Å². The summed E-state index contributed by atoms with van der Waals surface area (Å²) >= 11 is 2.17. The average molecular weight is 401 g/mol. The van der Waals surface area contributed by atoms with E-state index in [1.165, 1.54) is 6.42 Å². The molecule has 114 valence electrons. The van der Waals surface area contributed by atoms with Crippen molar-refractivity contribution in [2.75, 3.05) is 6.61 Å². The lowest BCUT2D eigenvalue weighted by atomic mass is 9.86. The van der Waals surface area contributed by atoms with Gasteiger partial charge in [0.1, 0.15) is 0 Å². The standard InChI is InChI=1S/C16H20INO3/c1-11-4-2-3-5-14(11)18-15(19)10-21-16(20)12-6-8-13(17)9-7-12/h6-9,11,14H,2-5,10H2,1H3,(H,18,19)/t11-,14-/m0/s1. The lowest BCUT2D eigenvalue weighted by Crippen LogP contribution is -2.42. The Bertz CT molecular complexity index is 501. The quantitative estimate of drug-likeness (QED) is 0.623. The third-order valence-corrected chi connectivity index (χ3v) is 4.59. The Balaban J connectivity index is 1.78. The van der Waals surface area contributed by atoms with Gasteiger partial charge in [0, 0.05) is 9.61 Å².